The van der Waals surface area contributed by atoms with Gasteiger partial charge < -0.3 is 5.32 Å². The summed E-state index contributed by atoms with van der Waals surface area (Å²) in [6.45, 7) is 2.87. The zero-order valence-corrected chi connectivity index (χ0v) is 8.38. The Labute approximate surface area is 87.2 Å². The standard InChI is InChI=1S/C9H12N6/c1-2-12-8(9-13-6-14-15-9)7-3-10-5-11-4-7/h3-6,8,12H,2H2,1H3,(H,13,14,15). The number of nitrogens with one attached hydrogen (secondary N) is 2. The molecule has 2 aromatic heterocycles. The zero-order valence-electron chi connectivity index (χ0n) is 8.38. The summed E-state index contributed by atoms with van der Waals surface area (Å²) in [5.41, 5.74) is 0.969. The number of H-pyrrole nitrogens is 1. The minimum absolute atomic E-state index is 0.0290. The smallest absolute Gasteiger partial charge is 0.146 e. The van der Waals surface area contributed by atoms with Crippen molar-refractivity contribution in [3.05, 3.63) is 36.4 Å². The van der Waals surface area contributed by atoms with Crippen LogP contribution in [0.25, 0.3) is 0 Å². The molecule has 0 amide bonds. The number of rotatable bonds is 4. The summed E-state index contributed by atoms with van der Waals surface area (Å²) >= 11 is 0. The molecule has 0 aliphatic carbocycles. The molecule has 2 heterocycles. The molecule has 1 unspecified atom stereocenters. The molecule has 6 heteroatoms. The summed E-state index contributed by atoms with van der Waals surface area (Å²) in [6, 6.07) is -0.0290. The Morgan fingerprint density at radius 2 is 2.13 bits per heavy atom. The second kappa shape index (κ2) is 4.61. The highest BCUT2D eigenvalue weighted by atomic mass is 15.2. The summed E-state index contributed by atoms with van der Waals surface area (Å²) in [5.74, 6) is 0.770. The van der Waals surface area contributed by atoms with Gasteiger partial charge in [-0.2, -0.15) is 5.10 Å². The molecule has 0 saturated carbocycles. The molecule has 0 fully saturated rings. The predicted molar refractivity (Wildman–Crippen MR) is 53.9 cm³/mol. The molecular formula is C9H12N6. The molecule has 1 atom stereocenters. The van der Waals surface area contributed by atoms with Crippen LogP contribution >= 0.6 is 0 Å². The number of hydrogen-bond donors (Lipinski definition) is 2. The van der Waals surface area contributed by atoms with E-state index in [2.05, 4.69) is 30.5 Å². The highest BCUT2D eigenvalue weighted by Crippen LogP contribution is 2.15. The van der Waals surface area contributed by atoms with Gasteiger partial charge in [-0.25, -0.2) is 15.0 Å². The Morgan fingerprint density at radius 3 is 2.73 bits per heavy atom. The van der Waals surface area contributed by atoms with E-state index in [-0.39, 0.29) is 6.04 Å². The van der Waals surface area contributed by atoms with Gasteiger partial charge in [0.1, 0.15) is 18.5 Å². The van der Waals surface area contributed by atoms with Crippen LogP contribution in [-0.4, -0.2) is 31.7 Å². The topological polar surface area (TPSA) is 79.4 Å². The maximum atomic E-state index is 4.13. The number of nitrogens with zero attached hydrogens (tertiary/aromatic N) is 4. The molecule has 2 rings (SSSR count). The van der Waals surface area contributed by atoms with Crippen LogP contribution in [0.2, 0.25) is 0 Å². The van der Waals surface area contributed by atoms with Crippen molar-refractivity contribution in [3.63, 3.8) is 0 Å². The monoisotopic (exact) mass is 204 g/mol. The maximum Gasteiger partial charge on any atom is 0.146 e. The lowest BCUT2D eigenvalue weighted by atomic mass is 10.1. The molecule has 2 aromatic rings. The summed E-state index contributed by atoms with van der Waals surface area (Å²) < 4.78 is 0. The van der Waals surface area contributed by atoms with Crippen LogP contribution in [0.15, 0.2) is 25.0 Å². The third-order valence-electron chi connectivity index (χ3n) is 2.03. The fourth-order valence-electron chi connectivity index (χ4n) is 1.39. The first-order valence-corrected chi connectivity index (χ1v) is 4.75. The Morgan fingerprint density at radius 1 is 1.33 bits per heavy atom. The molecule has 0 aliphatic rings. The van der Waals surface area contributed by atoms with Crippen molar-refractivity contribution in [2.24, 2.45) is 0 Å². The van der Waals surface area contributed by atoms with Crippen molar-refractivity contribution in [1.82, 2.24) is 30.5 Å². The van der Waals surface area contributed by atoms with E-state index in [1.165, 1.54) is 12.7 Å². The van der Waals surface area contributed by atoms with Crippen LogP contribution in [0.1, 0.15) is 24.4 Å². The minimum atomic E-state index is -0.0290. The first kappa shape index (κ1) is 9.72. The molecule has 6 nitrogen and oxygen atoms in total. The molecule has 78 valence electrons. The quantitative estimate of drug-likeness (QED) is 0.748. The van der Waals surface area contributed by atoms with Crippen LogP contribution in [0.3, 0.4) is 0 Å². The van der Waals surface area contributed by atoms with E-state index >= 15 is 0 Å². The summed E-state index contributed by atoms with van der Waals surface area (Å²) in [5, 5.41) is 9.96. The van der Waals surface area contributed by atoms with Crippen molar-refractivity contribution in [3.8, 4) is 0 Å². The predicted octanol–water partition coefficient (Wildman–Crippen LogP) is 0.294. The summed E-state index contributed by atoms with van der Waals surface area (Å²) in [4.78, 5) is 12.1. The van der Waals surface area contributed by atoms with Crippen LogP contribution in [0.4, 0.5) is 0 Å². The highest BCUT2D eigenvalue weighted by Gasteiger charge is 2.15. The molecule has 0 aliphatic heterocycles. The van der Waals surface area contributed by atoms with E-state index in [4.69, 9.17) is 0 Å². The van der Waals surface area contributed by atoms with E-state index < -0.39 is 0 Å². The van der Waals surface area contributed by atoms with Gasteiger partial charge in [0, 0.05) is 18.0 Å². The maximum absolute atomic E-state index is 4.13. The van der Waals surface area contributed by atoms with Crippen molar-refractivity contribution in [2.45, 2.75) is 13.0 Å². The lowest BCUT2D eigenvalue weighted by Crippen LogP contribution is -2.23. The zero-order chi connectivity index (χ0) is 10.5. The summed E-state index contributed by atoms with van der Waals surface area (Å²) in [6.07, 6.45) is 6.53. The average molecular weight is 204 g/mol. The molecular weight excluding hydrogens is 192 g/mol. The van der Waals surface area contributed by atoms with Gasteiger partial charge in [0.05, 0.1) is 6.04 Å². The molecule has 0 saturated heterocycles. The minimum Gasteiger partial charge on any atom is -0.304 e. The van der Waals surface area contributed by atoms with Gasteiger partial charge in [-0.1, -0.05) is 6.92 Å². The van der Waals surface area contributed by atoms with Crippen LogP contribution in [0.5, 0.6) is 0 Å². The largest absolute Gasteiger partial charge is 0.304 e. The van der Waals surface area contributed by atoms with Gasteiger partial charge in [0.15, 0.2) is 0 Å². The van der Waals surface area contributed by atoms with E-state index in [1.54, 1.807) is 12.4 Å². The van der Waals surface area contributed by atoms with Crippen molar-refractivity contribution in [2.75, 3.05) is 6.54 Å². The van der Waals surface area contributed by atoms with E-state index in [0.29, 0.717) is 0 Å². The molecule has 0 bridgehead atoms. The molecule has 2 N–H and O–H groups in total. The second-order valence-electron chi connectivity index (χ2n) is 3.03. The Kier molecular flexibility index (Phi) is 2.99. The van der Waals surface area contributed by atoms with Crippen LogP contribution in [-0.2, 0) is 0 Å². The number of hydrogen-bond acceptors (Lipinski definition) is 5. The van der Waals surface area contributed by atoms with Gasteiger partial charge in [0.2, 0.25) is 0 Å². The second-order valence-corrected chi connectivity index (χ2v) is 3.03. The fraction of sp³-hybridized carbons (Fsp3) is 0.333. The fourth-order valence-corrected chi connectivity index (χ4v) is 1.39. The first-order valence-electron chi connectivity index (χ1n) is 4.75. The molecule has 0 spiro atoms. The number of aromatic amines is 1. The molecule has 0 aromatic carbocycles. The van der Waals surface area contributed by atoms with Crippen molar-refractivity contribution in [1.29, 1.82) is 0 Å². The van der Waals surface area contributed by atoms with Gasteiger partial charge in [0.25, 0.3) is 0 Å². The lowest BCUT2D eigenvalue weighted by Gasteiger charge is -2.14. The van der Waals surface area contributed by atoms with Gasteiger partial charge in [-0.3, -0.25) is 5.10 Å². The van der Waals surface area contributed by atoms with Gasteiger partial charge >= 0.3 is 0 Å². The summed E-state index contributed by atoms with van der Waals surface area (Å²) in [7, 11) is 0. The Hall–Kier alpha value is -1.82. The first-order chi connectivity index (χ1) is 7.42. The van der Waals surface area contributed by atoms with Gasteiger partial charge in [-0.05, 0) is 6.54 Å². The highest BCUT2D eigenvalue weighted by molar-refractivity contribution is 5.17. The third-order valence-corrected chi connectivity index (χ3v) is 2.03. The van der Waals surface area contributed by atoms with E-state index in [9.17, 15) is 0 Å². The van der Waals surface area contributed by atoms with Crippen molar-refractivity contribution >= 4 is 0 Å². The SMILES string of the molecule is CCNC(c1cncnc1)c1ncn[nH]1. The Bertz CT molecular complexity index is 384. The van der Waals surface area contributed by atoms with Gasteiger partial charge in [-0.15, -0.1) is 0 Å². The molecule has 15 heavy (non-hydrogen) atoms. The molecule has 0 radical (unpaired) electrons. The van der Waals surface area contributed by atoms with E-state index in [1.807, 2.05) is 6.92 Å². The normalized spacial score (nSPS) is 12.6. The number of aromatic nitrogens is 5. The Balaban J connectivity index is 2.28. The van der Waals surface area contributed by atoms with Crippen LogP contribution in [0, 0.1) is 0 Å². The van der Waals surface area contributed by atoms with Crippen molar-refractivity contribution < 1.29 is 0 Å². The average Bonchev–Trinajstić information content (AvgIpc) is 2.80. The lowest BCUT2D eigenvalue weighted by molar-refractivity contribution is 0.596. The third kappa shape index (κ3) is 2.16. The van der Waals surface area contributed by atoms with E-state index in [0.717, 1.165) is 17.9 Å². The van der Waals surface area contributed by atoms with Crippen LogP contribution < -0.4 is 5.32 Å².